The van der Waals surface area contributed by atoms with Crippen LogP contribution < -0.4 is 0 Å². The summed E-state index contributed by atoms with van der Waals surface area (Å²) in [5, 5.41) is 13.7. The van der Waals surface area contributed by atoms with E-state index in [0.717, 1.165) is 12.1 Å². The lowest BCUT2D eigenvalue weighted by molar-refractivity contribution is 0.118. The first-order valence-corrected chi connectivity index (χ1v) is 4.85. The monoisotopic (exact) mass is 192 g/mol. The molecule has 1 atom stereocenters. The maximum absolute atomic E-state index is 9.65. The van der Waals surface area contributed by atoms with Gasteiger partial charge < -0.3 is 5.11 Å². The molecule has 0 saturated heterocycles. The Hall–Kier alpha value is -1.27. The molecule has 1 aromatic heterocycles. The highest BCUT2D eigenvalue weighted by molar-refractivity contribution is 5.32. The molecule has 0 spiro atoms. The van der Waals surface area contributed by atoms with Gasteiger partial charge in [0.2, 0.25) is 0 Å². The molecule has 0 radical (unpaired) electrons. The van der Waals surface area contributed by atoms with E-state index < -0.39 is 5.60 Å². The molecular weight excluding hydrogens is 176 g/mol. The number of aryl methyl sites for hydroxylation is 1. The van der Waals surface area contributed by atoms with E-state index in [4.69, 9.17) is 0 Å². The molecule has 1 aromatic rings. The van der Waals surface area contributed by atoms with Gasteiger partial charge in [0.05, 0.1) is 11.8 Å². The molecule has 0 saturated carbocycles. The van der Waals surface area contributed by atoms with E-state index in [9.17, 15) is 5.11 Å². The molecule has 76 valence electrons. The molecule has 0 aliphatic heterocycles. The smallest absolute Gasteiger partial charge is 0.122 e. The van der Waals surface area contributed by atoms with Gasteiger partial charge in [-0.15, -0.1) is 0 Å². The zero-order valence-corrected chi connectivity index (χ0v) is 8.91. The van der Waals surface area contributed by atoms with Crippen molar-refractivity contribution in [3.8, 4) is 11.8 Å². The van der Waals surface area contributed by atoms with Crippen LogP contribution in [0.3, 0.4) is 0 Å². The van der Waals surface area contributed by atoms with Crippen LogP contribution in [-0.4, -0.2) is 20.5 Å². The van der Waals surface area contributed by atoms with Crippen LogP contribution in [0.15, 0.2) is 12.4 Å². The quantitative estimate of drug-likeness (QED) is 0.719. The number of aliphatic hydroxyl groups is 1. The van der Waals surface area contributed by atoms with Gasteiger partial charge >= 0.3 is 0 Å². The summed E-state index contributed by atoms with van der Waals surface area (Å²) in [4.78, 5) is 0. The van der Waals surface area contributed by atoms with Crippen LogP contribution in [0.5, 0.6) is 0 Å². The molecule has 14 heavy (non-hydrogen) atoms. The van der Waals surface area contributed by atoms with Gasteiger partial charge in [0.1, 0.15) is 5.60 Å². The van der Waals surface area contributed by atoms with Crippen molar-refractivity contribution in [2.45, 2.75) is 39.3 Å². The Morgan fingerprint density at radius 1 is 1.57 bits per heavy atom. The molecule has 3 nitrogen and oxygen atoms in total. The van der Waals surface area contributed by atoms with Gasteiger partial charge in [-0.25, -0.2) is 0 Å². The zero-order chi connectivity index (χ0) is 10.6. The van der Waals surface area contributed by atoms with Crippen molar-refractivity contribution in [2.24, 2.45) is 0 Å². The third-order valence-electron chi connectivity index (χ3n) is 2.12. The van der Waals surface area contributed by atoms with Gasteiger partial charge in [-0.2, -0.15) is 5.10 Å². The Labute approximate surface area is 84.8 Å². The Balaban J connectivity index is 2.77. The fourth-order valence-electron chi connectivity index (χ4n) is 0.896. The second-order valence-electron chi connectivity index (χ2n) is 3.46. The average Bonchev–Trinajstić information content (AvgIpc) is 2.63. The first-order valence-electron chi connectivity index (χ1n) is 4.85. The fraction of sp³-hybridized carbons (Fsp3) is 0.545. The third kappa shape index (κ3) is 2.90. The van der Waals surface area contributed by atoms with E-state index in [0.29, 0.717) is 6.42 Å². The van der Waals surface area contributed by atoms with Gasteiger partial charge in [0, 0.05) is 12.7 Å². The van der Waals surface area contributed by atoms with E-state index in [1.807, 2.05) is 24.7 Å². The number of hydrogen-bond donors (Lipinski definition) is 1. The Morgan fingerprint density at radius 2 is 2.29 bits per heavy atom. The summed E-state index contributed by atoms with van der Waals surface area (Å²) < 4.78 is 1.81. The second-order valence-corrected chi connectivity index (χ2v) is 3.46. The van der Waals surface area contributed by atoms with Crippen molar-refractivity contribution >= 4 is 0 Å². The number of nitrogens with zero attached hydrogens (tertiary/aromatic N) is 2. The second kappa shape index (κ2) is 4.30. The standard InChI is InChI=1S/C11H16N2O/c1-4-11(3,14)7-6-10-8-12-13(5-2)9-10/h8-9,14H,4-5H2,1-3H3. The molecule has 3 heteroatoms. The first kappa shape index (κ1) is 10.8. The van der Waals surface area contributed by atoms with Crippen molar-refractivity contribution in [1.29, 1.82) is 0 Å². The van der Waals surface area contributed by atoms with Crippen LogP contribution >= 0.6 is 0 Å². The largest absolute Gasteiger partial charge is 0.378 e. The topological polar surface area (TPSA) is 38.0 Å². The highest BCUT2D eigenvalue weighted by atomic mass is 16.3. The lowest BCUT2D eigenvalue weighted by atomic mass is 10.0. The van der Waals surface area contributed by atoms with Gasteiger partial charge in [-0.3, -0.25) is 4.68 Å². The highest BCUT2D eigenvalue weighted by Crippen LogP contribution is 2.06. The van der Waals surface area contributed by atoms with Crippen molar-refractivity contribution in [2.75, 3.05) is 0 Å². The van der Waals surface area contributed by atoms with Crippen molar-refractivity contribution in [3.63, 3.8) is 0 Å². The van der Waals surface area contributed by atoms with Crippen LogP contribution in [0.1, 0.15) is 32.8 Å². The van der Waals surface area contributed by atoms with Gasteiger partial charge in [0.15, 0.2) is 0 Å². The normalized spacial score (nSPS) is 14.3. The minimum absolute atomic E-state index is 0.627. The minimum atomic E-state index is -0.895. The zero-order valence-electron chi connectivity index (χ0n) is 8.91. The lowest BCUT2D eigenvalue weighted by Crippen LogP contribution is -2.19. The van der Waals surface area contributed by atoms with Crippen LogP contribution in [0.2, 0.25) is 0 Å². The lowest BCUT2D eigenvalue weighted by Gasteiger charge is -2.11. The van der Waals surface area contributed by atoms with E-state index in [2.05, 4.69) is 16.9 Å². The van der Waals surface area contributed by atoms with Crippen LogP contribution in [0.4, 0.5) is 0 Å². The summed E-state index contributed by atoms with van der Waals surface area (Å²) in [5.74, 6) is 5.72. The van der Waals surface area contributed by atoms with Gasteiger partial charge in [-0.1, -0.05) is 18.8 Å². The maximum atomic E-state index is 9.65. The van der Waals surface area contributed by atoms with E-state index in [1.54, 1.807) is 13.1 Å². The molecular formula is C11H16N2O. The SMILES string of the molecule is CCn1cc(C#CC(C)(O)CC)cn1. The summed E-state index contributed by atoms with van der Waals surface area (Å²) in [6.45, 7) is 6.48. The molecule has 1 unspecified atom stereocenters. The summed E-state index contributed by atoms with van der Waals surface area (Å²) >= 11 is 0. The molecule has 0 bridgehead atoms. The van der Waals surface area contributed by atoms with Crippen molar-refractivity contribution < 1.29 is 5.11 Å². The molecule has 1 rings (SSSR count). The Bertz CT molecular complexity index is 355. The Morgan fingerprint density at radius 3 is 2.79 bits per heavy atom. The van der Waals surface area contributed by atoms with Gasteiger partial charge in [-0.05, 0) is 20.3 Å². The average molecular weight is 192 g/mol. The Kier molecular flexibility index (Phi) is 3.32. The summed E-state index contributed by atoms with van der Waals surface area (Å²) in [6, 6.07) is 0. The van der Waals surface area contributed by atoms with Crippen LogP contribution in [0.25, 0.3) is 0 Å². The third-order valence-corrected chi connectivity index (χ3v) is 2.12. The molecule has 0 fully saturated rings. The molecule has 0 amide bonds. The number of rotatable bonds is 2. The van der Waals surface area contributed by atoms with Crippen LogP contribution in [-0.2, 0) is 6.54 Å². The fourth-order valence-corrected chi connectivity index (χ4v) is 0.896. The number of aromatic nitrogens is 2. The molecule has 0 aliphatic carbocycles. The summed E-state index contributed by atoms with van der Waals surface area (Å²) in [5.41, 5.74) is -0.0468. The molecule has 1 N–H and O–H groups in total. The first-order chi connectivity index (χ1) is 6.57. The van der Waals surface area contributed by atoms with Crippen molar-refractivity contribution in [1.82, 2.24) is 9.78 Å². The molecule has 0 aromatic carbocycles. The van der Waals surface area contributed by atoms with Crippen LogP contribution in [0, 0.1) is 11.8 Å². The predicted octanol–water partition coefficient (Wildman–Crippen LogP) is 1.42. The van der Waals surface area contributed by atoms with E-state index >= 15 is 0 Å². The van der Waals surface area contributed by atoms with Gasteiger partial charge in [0.25, 0.3) is 0 Å². The maximum Gasteiger partial charge on any atom is 0.122 e. The summed E-state index contributed by atoms with van der Waals surface area (Å²) in [7, 11) is 0. The molecule has 0 aliphatic rings. The highest BCUT2D eigenvalue weighted by Gasteiger charge is 2.12. The van der Waals surface area contributed by atoms with Crippen molar-refractivity contribution in [3.05, 3.63) is 18.0 Å². The summed E-state index contributed by atoms with van der Waals surface area (Å²) in [6.07, 6.45) is 4.21. The minimum Gasteiger partial charge on any atom is -0.378 e. The van der Waals surface area contributed by atoms with E-state index in [-0.39, 0.29) is 0 Å². The van der Waals surface area contributed by atoms with E-state index in [1.165, 1.54) is 0 Å². The number of hydrogen-bond acceptors (Lipinski definition) is 2. The predicted molar refractivity (Wildman–Crippen MR) is 55.7 cm³/mol. The molecule has 1 heterocycles.